The predicted octanol–water partition coefficient (Wildman–Crippen LogP) is 4.10. The van der Waals surface area contributed by atoms with Gasteiger partial charge >= 0.3 is 0 Å². The Kier molecular flexibility index (Phi) is 13.6. The summed E-state index contributed by atoms with van der Waals surface area (Å²) in [6, 6.07) is 0. The van der Waals surface area contributed by atoms with E-state index in [9.17, 15) is 0 Å². The highest BCUT2D eigenvalue weighted by Crippen LogP contribution is 2.01. The zero-order chi connectivity index (χ0) is 13.5. The molecule has 3 nitrogen and oxygen atoms in total. The van der Waals surface area contributed by atoms with Gasteiger partial charge in [-0.25, -0.2) is 4.98 Å². The summed E-state index contributed by atoms with van der Waals surface area (Å²) in [7, 11) is 0. The molecule has 0 bridgehead atoms. The first-order valence-corrected chi connectivity index (χ1v) is 7.50. The number of aromatic nitrogens is 2. The van der Waals surface area contributed by atoms with Gasteiger partial charge in [0, 0.05) is 12.4 Å². The van der Waals surface area contributed by atoms with Crippen LogP contribution in [0.2, 0.25) is 0 Å². The lowest BCUT2D eigenvalue weighted by Crippen LogP contribution is -2.27. The molecule has 1 aromatic rings. The number of H-pyrrole nitrogens is 1. The van der Waals surface area contributed by atoms with Crippen molar-refractivity contribution in [1.82, 2.24) is 14.9 Å². The fourth-order valence-corrected chi connectivity index (χ4v) is 1.70. The van der Waals surface area contributed by atoms with E-state index in [-0.39, 0.29) is 0 Å². The third-order valence-electron chi connectivity index (χ3n) is 2.89. The van der Waals surface area contributed by atoms with Gasteiger partial charge in [-0.1, -0.05) is 40.0 Å². The van der Waals surface area contributed by atoms with Crippen LogP contribution in [0.25, 0.3) is 0 Å². The summed E-state index contributed by atoms with van der Waals surface area (Å²) in [4.78, 5) is 9.05. The molecule has 1 aromatic heterocycles. The Labute approximate surface area is 113 Å². The van der Waals surface area contributed by atoms with Crippen molar-refractivity contribution in [2.45, 2.75) is 59.3 Å². The second-order valence-electron chi connectivity index (χ2n) is 4.66. The van der Waals surface area contributed by atoms with Crippen LogP contribution in [0.15, 0.2) is 18.7 Å². The second-order valence-corrected chi connectivity index (χ2v) is 4.66. The molecule has 0 aliphatic heterocycles. The first-order valence-electron chi connectivity index (χ1n) is 7.50. The molecule has 0 aromatic carbocycles. The lowest BCUT2D eigenvalue weighted by Gasteiger charge is -2.21. The molecule has 1 N–H and O–H groups in total. The molecule has 1 rings (SSSR count). The van der Waals surface area contributed by atoms with E-state index in [2.05, 4.69) is 35.6 Å². The van der Waals surface area contributed by atoms with Crippen LogP contribution in [0, 0.1) is 0 Å². The molecule has 1 heterocycles. The van der Waals surface area contributed by atoms with E-state index in [0.29, 0.717) is 0 Å². The maximum atomic E-state index is 3.67. The largest absolute Gasteiger partial charge is 0.351 e. The molecule has 0 spiro atoms. The highest BCUT2D eigenvalue weighted by molar-refractivity contribution is 4.64. The summed E-state index contributed by atoms with van der Waals surface area (Å²) in [5, 5.41) is 0. The molecule has 0 atom stereocenters. The van der Waals surface area contributed by atoms with Crippen LogP contribution in [0.3, 0.4) is 0 Å². The highest BCUT2D eigenvalue weighted by atomic mass is 15.1. The van der Waals surface area contributed by atoms with Crippen molar-refractivity contribution in [2.24, 2.45) is 0 Å². The zero-order valence-electron chi connectivity index (χ0n) is 12.5. The summed E-state index contributed by atoms with van der Waals surface area (Å²) in [6.45, 7) is 10.8. The SMILES string of the molecule is CCCCN(CCCC)CCCC.c1c[nH]cn1. The molecule has 0 amide bonds. The molecule has 0 radical (unpaired) electrons. The average molecular weight is 253 g/mol. The zero-order valence-corrected chi connectivity index (χ0v) is 12.5. The fraction of sp³-hybridized carbons (Fsp3) is 0.800. The number of aromatic amines is 1. The van der Waals surface area contributed by atoms with Gasteiger partial charge in [0.1, 0.15) is 0 Å². The highest BCUT2D eigenvalue weighted by Gasteiger charge is 2.01. The maximum absolute atomic E-state index is 3.67. The smallest absolute Gasteiger partial charge is 0.0919 e. The maximum Gasteiger partial charge on any atom is 0.0919 e. The van der Waals surface area contributed by atoms with Crippen LogP contribution >= 0.6 is 0 Å². The molecule has 0 fully saturated rings. The van der Waals surface area contributed by atoms with Crippen molar-refractivity contribution in [2.75, 3.05) is 19.6 Å². The van der Waals surface area contributed by atoms with E-state index in [1.807, 2.05) is 0 Å². The van der Waals surface area contributed by atoms with Gasteiger partial charge in [-0.05, 0) is 38.9 Å². The Morgan fingerprint density at radius 3 is 1.61 bits per heavy atom. The van der Waals surface area contributed by atoms with Crippen molar-refractivity contribution < 1.29 is 0 Å². The van der Waals surface area contributed by atoms with Gasteiger partial charge in [0.25, 0.3) is 0 Å². The molecule has 106 valence electrons. The van der Waals surface area contributed by atoms with E-state index >= 15 is 0 Å². The van der Waals surface area contributed by atoms with Gasteiger partial charge < -0.3 is 9.88 Å². The fourth-order valence-electron chi connectivity index (χ4n) is 1.70. The third kappa shape index (κ3) is 11.6. The molecule has 0 aliphatic rings. The van der Waals surface area contributed by atoms with Crippen molar-refractivity contribution >= 4 is 0 Å². The first kappa shape index (κ1) is 17.2. The number of nitrogens with one attached hydrogen (secondary N) is 1. The van der Waals surface area contributed by atoms with E-state index < -0.39 is 0 Å². The third-order valence-corrected chi connectivity index (χ3v) is 2.89. The molecular weight excluding hydrogens is 222 g/mol. The lowest BCUT2D eigenvalue weighted by atomic mass is 10.2. The van der Waals surface area contributed by atoms with Gasteiger partial charge in [0.2, 0.25) is 0 Å². The minimum Gasteiger partial charge on any atom is -0.351 e. The lowest BCUT2D eigenvalue weighted by molar-refractivity contribution is 0.261. The van der Waals surface area contributed by atoms with Crippen LogP contribution in [0.4, 0.5) is 0 Å². The first-order chi connectivity index (χ1) is 8.85. The van der Waals surface area contributed by atoms with Crippen LogP contribution in [0.1, 0.15) is 59.3 Å². The minimum absolute atomic E-state index is 1.32. The van der Waals surface area contributed by atoms with Crippen LogP contribution < -0.4 is 0 Å². The van der Waals surface area contributed by atoms with Gasteiger partial charge in [-0.3, -0.25) is 0 Å². The molecule has 0 unspecified atom stereocenters. The van der Waals surface area contributed by atoms with Crippen molar-refractivity contribution in [3.05, 3.63) is 18.7 Å². The number of hydrogen-bond acceptors (Lipinski definition) is 2. The van der Waals surface area contributed by atoms with Crippen molar-refractivity contribution in [3.63, 3.8) is 0 Å². The Morgan fingerprint density at radius 2 is 1.39 bits per heavy atom. The van der Waals surface area contributed by atoms with E-state index in [0.717, 1.165) is 0 Å². The summed E-state index contributed by atoms with van der Waals surface area (Å²) in [5.74, 6) is 0. The van der Waals surface area contributed by atoms with E-state index in [4.69, 9.17) is 0 Å². The van der Waals surface area contributed by atoms with Gasteiger partial charge in [0.05, 0.1) is 6.33 Å². The summed E-state index contributed by atoms with van der Waals surface area (Å²) in [5.41, 5.74) is 0. The van der Waals surface area contributed by atoms with Crippen LogP contribution in [-0.2, 0) is 0 Å². The second kappa shape index (κ2) is 14.2. The van der Waals surface area contributed by atoms with Crippen molar-refractivity contribution in [1.29, 1.82) is 0 Å². The minimum atomic E-state index is 1.32. The Hall–Kier alpha value is -0.830. The molecular formula is C15H31N3. The summed E-state index contributed by atoms with van der Waals surface area (Å²) < 4.78 is 0. The van der Waals surface area contributed by atoms with Gasteiger partial charge in [-0.15, -0.1) is 0 Å². The molecule has 0 saturated heterocycles. The predicted molar refractivity (Wildman–Crippen MR) is 79.8 cm³/mol. The number of unbranched alkanes of at least 4 members (excludes halogenated alkanes) is 3. The molecule has 0 aliphatic carbocycles. The summed E-state index contributed by atoms with van der Waals surface area (Å²) in [6.07, 6.45) is 13.2. The summed E-state index contributed by atoms with van der Waals surface area (Å²) >= 11 is 0. The van der Waals surface area contributed by atoms with Crippen LogP contribution in [0.5, 0.6) is 0 Å². The van der Waals surface area contributed by atoms with E-state index in [1.54, 1.807) is 18.7 Å². The number of imidazole rings is 1. The van der Waals surface area contributed by atoms with Gasteiger partial charge in [0.15, 0.2) is 0 Å². The number of nitrogens with zero attached hydrogens (tertiary/aromatic N) is 2. The monoisotopic (exact) mass is 253 g/mol. The standard InChI is InChI=1S/C12H27N.C3H4N2/c1-4-7-10-13(11-8-5-2)12-9-6-3;1-2-5-3-4-1/h4-12H2,1-3H3;1-3H,(H,4,5). The number of hydrogen-bond donors (Lipinski definition) is 1. The Balaban J connectivity index is 0.000000473. The number of rotatable bonds is 9. The molecule has 3 heteroatoms. The van der Waals surface area contributed by atoms with E-state index in [1.165, 1.54) is 58.2 Å². The Bertz CT molecular complexity index is 185. The van der Waals surface area contributed by atoms with Crippen molar-refractivity contribution in [3.8, 4) is 0 Å². The molecule has 0 saturated carbocycles. The molecule has 18 heavy (non-hydrogen) atoms. The quantitative estimate of drug-likeness (QED) is 0.718. The topological polar surface area (TPSA) is 31.9 Å². The normalized spacial score (nSPS) is 10.2. The Morgan fingerprint density at radius 1 is 0.889 bits per heavy atom. The van der Waals surface area contributed by atoms with Gasteiger partial charge in [-0.2, -0.15) is 0 Å². The average Bonchev–Trinajstić information content (AvgIpc) is 2.97. The van der Waals surface area contributed by atoms with Crippen LogP contribution in [-0.4, -0.2) is 34.5 Å².